The largest absolute Gasteiger partial charge is 0.392 e. The van der Waals surface area contributed by atoms with Gasteiger partial charge < -0.3 is 10.4 Å². The van der Waals surface area contributed by atoms with Gasteiger partial charge in [-0.15, -0.1) is 0 Å². The number of hydrogen-bond donors (Lipinski definition) is 2. The first-order chi connectivity index (χ1) is 13.0. The predicted molar refractivity (Wildman–Crippen MR) is 95.3 cm³/mol. The third-order valence-electron chi connectivity index (χ3n) is 4.04. The lowest BCUT2D eigenvalue weighted by molar-refractivity contribution is -0.112. The normalized spacial score (nSPS) is 13.1. The highest BCUT2D eigenvalue weighted by Gasteiger charge is 2.24. The van der Waals surface area contributed by atoms with E-state index in [0.29, 0.717) is 11.1 Å². The minimum Gasteiger partial charge on any atom is -0.392 e. The molecule has 0 saturated heterocycles. The summed E-state index contributed by atoms with van der Waals surface area (Å²) in [6, 6.07) is 10.0. The summed E-state index contributed by atoms with van der Waals surface area (Å²) in [4.78, 5) is 28.8. The first-order valence-electron chi connectivity index (χ1n) is 8.22. The van der Waals surface area contributed by atoms with E-state index in [-0.39, 0.29) is 36.8 Å². The van der Waals surface area contributed by atoms with E-state index in [1.807, 2.05) is 0 Å². The third-order valence-corrected chi connectivity index (χ3v) is 4.04. The maximum absolute atomic E-state index is 13.8. The number of aliphatic imine (C=N–C) groups is 1. The van der Waals surface area contributed by atoms with Crippen LogP contribution in [-0.2, 0) is 17.8 Å². The molecule has 1 heterocycles. The van der Waals surface area contributed by atoms with E-state index in [4.69, 9.17) is 0 Å². The number of nitrogens with one attached hydrogen (secondary N) is 1. The van der Waals surface area contributed by atoms with Gasteiger partial charge in [0, 0.05) is 6.42 Å². The average Bonchev–Trinajstić information content (AvgIpc) is 3.10. The standard InChI is InChI=1S/C20H16F2N2O3/c21-14-5-2-6-15(22)18(14)20(27)24-16-7-8-23-19(16)17(26)10-12-3-1-4-13(9-12)11-25/h1-7,9,25H,8,10-11H2,(H,24,27). The zero-order valence-corrected chi connectivity index (χ0v) is 14.2. The molecule has 138 valence electrons. The fourth-order valence-corrected chi connectivity index (χ4v) is 2.77. The molecule has 0 aliphatic carbocycles. The molecule has 0 unspecified atom stereocenters. The van der Waals surface area contributed by atoms with E-state index in [1.54, 1.807) is 24.3 Å². The second kappa shape index (κ2) is 8.01. The molecule has 1 aliphatic rings. The highest BCUT2D eigenvalue weighted by molar-refractivity contribution is 6.47. The Balaban J connectivity index is 1.73. The molecule has 2 aromatic carbocycles. The number of aliphatic hydroxyl groups excluding tert-OH is 1. The average molecular weight is 370 g/mol. The Morgan fingerprint density at radius 1 is 1.07 bits per heavy atom. The number of nitrogens with zero attached hydrogens (tertiary/aromatic N) is 1. The van der Waals surface area contributed by atoms with Crippen LogP contribution in [0.3, 0.4) is 0 Å². The van der Waals surface area contributed by atoms with Crippen molar-refractivity contribution >= 4 is 17.4 Å². The summed E-state index contributed by atoms with van der Waals surface area (Å²) in [5.74, 6) is -3.31. The van der Waals surface area contributed by atoms with Crippen molar-refractivity contribution < 1.29 is 23.5 Å². The number of amides is 1. The molecule has 5 nitrogen and oxygen atoms in total. The van der Waals surface area contributed by atoms with Crippen LogP contribution in [-0.4, -0.2) is 29.1 Å². The van der Waals surface area contributed by atoms with Gasteiger partial charge in [-0.3, -0.25) is 14.6 Å². The number of carbonyl (C=O) groups is 2. The van der Waals surface area contributed by atoms with E-state index in [9.17, 15) is 23.5 Å². The van der Waals surface area contributed by atoms with Crippen LogP contribution in [0.2, 0.25) is 0 Å². The minimum atomic E-state index is -0.989. The summed E-state index contributed by atoms with van der Waals surface area (Å²) in [6.07, 6.45) is 1.53. The molecule has 2 aromatic rings. The quantitative estimate of drug-likeness (QED) is 0.819. The fourth-order valence-electron chi connectivity index (χ4n) is 2.77. The molecular weight excluding hydrogens is 354 g/mol. The Hall–Kier alpha value is -3.19. The number of ketones is 1. The van der Waals surface area contributed by atoms with Crippen LogP contribution in [0.4, 0.5) is 8.78 Å². The molecule has 0 aromatic heterocycles. The number of hydrogen-bond acceptors (Lipinski definition) is 4. The van der Waals surface area contributed by atoms with Crippen LogP contribution in [0, 0.1) is 11.6 Å². The third kappa shape index (κ3) is 4.15. The Bertz CT molecular complexity index is 947. The second-order valence-electron chi connectivity index (χ2n) is 5.94. The summed E-state index contributed by atoms with van der Waals surface area (Å²) in [6.45, 7) is 0.0471. The van der Waals surface area contributed by atoms with Crippen molar-refractivity contribution in [2.24, 2.45) is 4.99 Å². The molecule has 3 rings (SSSR count). The van der Waals surface area contributed by atoms with Gasteiger partial charge in [-0.25, -0.2) is 8.78 Å². The van der Waals surface area contributed by atoms with Crippen LogP contribution < -0.4 is 5.32 Å². The van der Waals surface area contributed by atoms with Crippen LogP contribution >= 0.6 is 0 Å². The molecule has 0 radical (unpaired) electrons. The Morgan fingerprint density at radius 3 is 2.44 bits per heavy atom. The molecule has 27 heavy (non-hydrogen) atoms. The van der Waals surface area contributed by atoms with Crippen molar-refractivity contribution in [3.8, 4) is 0 Å². The summed E-state index contributed by atoms with van der Waals surface area (Å²) >= 11 is 0. The summed E-state index contributed by atoms with van der Waals surface area (Å²) in [5, 5.41) is 11.5. The molecule has 7 heteroatoms. The number of Topliss-reactive ketones (excluding diaryl/α,β-unsaturated/α-hetero) is 1. The van der Waals surface area contributed by atoms with Crippen LogP contribution in [0.25, 0.3) is 0 Å². The number of halogens is 2. The van der Waals surface area contributed by atoms with Gasteiger partial charge in [-0.05, 0) is 29.3 Å². The van der Waals surface area contributed by atoms with Gasteiger partial charge in [0.2, 0.25) is 0 Å². The van der Waals surface area contributed by atoms with Crippen molar-refractivity contribution in [2.45, 2.75) is 13.0 Å². The Morgan fingerprint density at radius 2 is 1.74 bits per heavy atom. The monoisotopic (exact) mass is 370 g/mol. The summed E-state index contributed by atoms with van der Waals surface area (Å²) in [5.41, 5.74) is 0.827. The molecule has 0 bridgehead atoms. The Kier molecular flexibility index (Phi) is 5.52. The van der Waals surface area contributed by atoms with E-state index in [1.165, 1.54) is 6.08 Å². The van der Waals surface area contributed by atoms with Gasteiger partial charge in [0.1, 0.15) is 22.9 Å². The number of aliphatic hydroxyl groups is 1. The SMILES string of the molecule is O=C(Cc1cccc(CO)c1)C1=NCC=C1NC(=O)c1c(F)cccc1F. The molecule has 0 spiro atoms. The number of benzene rings is 2. The molecule has 0 atom stereocenters. The minimum absolute atomic E-state index is 0.0218. The van der Waals surface area contributed by atoms with Crippen molar-refractivity contribution in [2.75, 3.05) is 6.54 Å². The summed E-state index contributed by atoms with van der Waals surface area (Å²) < 4.78 is 27.5. The van der Waals surface area contributed by atoms with Gasteiger partial charge in [-0.1, -0.05) is 30.3 Å². The molecule has 2 N–H and O–H groups in total. The lowest BCUT2D eigenvalue weighted by Crippen LogP contribution is -2.31. The molecular formula is C20H16F2N2O3. The van der Waals surface area contributed by atoms with Crippen molar-refractivity contribution in [1.82, 2.24) is 5.32 Å². The van der Waals surface area contributed by atoms with E-state index < -0.39 is 23.1 Å². The maximum Gasteiger partial charge on any atom is 0.261 e. The van der Waals surface area contributed by atoms with Gasteiger partial charge in [0.05, 0.1) is 18.8 Å². The lowest BCUT2D eigenvalue weighted by atomic mass is 10.0. The zero-order valence-electron chi connectivity index (χ0n) is 14.2. The van der Waals surface area contributed by atoms with Crippen molar-refractivity contribution in [3.05, 3.63) is 82.6 Å². The topological polar surface area (TPSA) is 78.8 Å². The van der Waals surface area contributed by atoms with E-state index in [2.05, 4.69) is 10.3 Å². The number of carbonyl (C=O) groups excluding carboxylic acids is 2. The summed E-state index contributed by atoms with van der Waals surface area (Å²) in [7, 11) is 0. The second-order valence-corrected chi connectivity index (χ2v) is 5.94. The maximum atomic E-state index is 13.8. The first kappa shape index (κ1) is 18.6. The highest BCUT2D eigenvalue weighted by atomic mass is 19.1. The number of allylic oxidation sites excluding steroid dienone is 1. The van der Waals surface area contributed by atoms with Crippen molar-refractivity contribution in [1.29, 1.82) is 0 Å². The van der Waals surface area contributed by atoms with Crippen LogP contribution in [0.1, 0.15) is 21.5 Å². The van der Waals surface area contributed by atoms with Crippen LogP contribution in [0.5, 0.6) is 0 Å². The van der Waals surface area contributed by atoms with Crippen LogP contribution in [0.15, 0.2) is 59.2 Å². The molecule has 0 saturated carbocycles. The highest BCUT2D eigenvalue weighted by Crippen LogP contribution is 2.15. The fraction of sp³-hybridized carbons (Fsp3) is 0.150. The molecule has 0 fully saturated rings. The zero-order chi connectivity index (χ0) is 19.4. The molecule has 1 aliphatic heterocycles. The predicted octanol–water partition coefficient (Wildman–Crippen LogP) is 2.34. The van der Waals surface area contributed by atoms with Gasteiger partial charge >= 0.3 is 0 Å². The van der Waals surface area contributed by atoms with Gasteiger partial charge in [-0.2, -0.15) is 0 Å². The Labute approximate surface area is 154 Å². The van der Waals surface area contributed by atoms with Crippen molar-refractivity contribution in [3.63, 3.8) is 0 Å². The van der Waals surface area contributed by atoms with E-state index >= 15 is 0 Å². The number of rotatable bonds is 6. The smallest absolute Gasteiger partial charge is 0.261 e. The lowest BCUT2D eigenvalue weighted by Gasteiger charge is -2.10. The van der Waals surface area contributed by atoms with E-state index in [0.717, 1.165) is 18.2 Å². The first-order valence-corrected chi connectivity index (χ1v) is 8.22. The van der Waals surface area contributed by atoms with Gasteiger partial charge in [0.25, 0.3) is 5.91 Å². The molecule has 1 amide bonds. The van der Waals surface area contributed by atoms with Gasteiger partial charge in [0.15, 0.2) is 5.78 Å².